The van der Waals surface area contributed by atoms with Crippen LogP contribution in [-0.2, 0) is 33.4 Å². The maximum Gasteiger partial charge on any atom is 0.338 e. The Labute approximate surface area is 194 Å². The van der Waals surface area contributed by atoms with Gasteiger partial charge in [-0.15, -0.1) is 0 Å². The Hall–Kier alpha value is -2.26. The number of rotatable bonds is 5. The first-order chi connectivity index (χ1) is 15.1. The Morgan fingerprint density at radius 3 is 2.30 bits per heavy atom. The van der Waals surface area contributed by atoms with Gasteiger partial charge >= 0.3 is 17.9 Å². The number of esters is 3. The standard InChI is InChI=1S/C24H36O9/c1-12(2)10-18(26)32-19-14(5)8-9-16(25)23(7,30)17(31-21(28)13(3)4)11-24(20(19)27)15(6)22(29)33-24/h12-14,17,19-20,27,30H,6,8-11H2,1-5,7H3/t14-,17-,19-,20-,23+,24+/m1/s1. The van der Waals surface area contributed by atoms with E-state index in [1.54, 1.807) is 20.8 Å². The van der Waals surface area contributed by atoms with E-state index in [1.165, 1.54) is 6.92 Å². The minimum absolute atomic E-state index is 0.0199. The van der Waals surface area contributed by atoms with E-state index in [9.17, 15) is 29.4 Å². The second kappa shape index (κ2) is 9.93. The van der Waals surface area contributed by atoms with Gasteiger partial charge in [0.15, 0.2) is 17.0 Å². The summed E-state index contributed by atoms with van der Waals surface area (Å²) >= 11 is 0. The van der Waals surface area contributed by atoms with Crippen molar-refractivity contribution in [2.75, 3.05) is 0 Å². The molecule has 9 nitrogen and oxygen atoms in total. The monoisotopic (exact) mass is 468 g/mol. The lowest BCUT2D eigenvalue weighted by Crippen LogP contribution is -2.67. The summed E-state index contributed by atoms with van der Waals surface area (Å²) in [4.78, 5) is 49.8. The molecule has 9 heteroatoms. The minimum Gasteiger partial charge on any atom is -0.459 e. The number of aliphatic hydroxyl groups excluding tert-OH is 1. The second-order valence-electron chi connectivity index (χ2n) is 10.1. The van der Waals surface area contributed by atoms with E-state index in [-0.39, 0.29) is 30.8 Å². The van der Waals surface area contributed by atoms with E-state index in [2.05, 4.69) is 6.58 Å². The Balaban J connectivity index is 2.51. The van der Waals surface area contributed by atoms with Crippen LogP contribution >= 0.6 is 0 Å². The fraction of sp³-hybridized carbons (Fsp3) is 0.750. The highest BCUT2D eigenvalue weighted by Gasteiger charge is 2.63. The molecule has 0 amide bonds. The number of hydrogen-bond acceptors (Lipinski definition) is 9. The first kappa shape index (κ1) is 27.0. The van der Waals surface area contributed by atoms with Crippen molar-refractivity contribution in [3.63, 3.8) is 0 Å². The van der Waals surface area contributed by atoms with Gasteiger partial charge in [0, 0.05) is 19.3 Å². The quantitative estimate of drug-likeness (QED) is 0.352. The van der Waals surface area contributed by atoms with Crippen molar-refractivity contribution in [3.05, 3.63) is 12.2 Å². The highest BCUT2D eigenvalue weighted by atomic mass is 16.6. The van der Waals surface area contributed by atoms with Crippen LogP contribution in [0.1, 0.15) is 67.2 Å². The molecule has 2 N–H and O–H groups in total. The van der Waals surface area contributed by atoms with Crippen molar-refractivity contribution in [2.24, 2.45) is 17.8 Å². The van der Waals surface area contributed by atoms with Gasteiger partial charge in [0.1, 0.15) is 18.3 Å². The molecule has 1 spiro atoms. The van der Waals surface area contributed by atoms with Gasteiger partial charge in [-0.1, -0.05) is 41.2 Å². The molecule has 0 unspecified atom stereocenters. The Morgan fingerprint density at radius 1 is 1.21 bits per heavy atom. The summed E-state index contributed by atoms with van der Waals surface area (Å²) in [5, 5.41) is 22.5. The summed E-state index contributed by atoms with van der Waals surface area (Å²) in [5.41, 5.74) is -4.00. The van der Waals surface area contributed by atoms with Crippen molar-refractivity contribution in [2.45, 2.75) is 96.7 Å². The molecule has 2 aliphatic rings. The van der Waals surface area contributed by atoms with Gasteiger partial charge in [0.05, 0.1) is 11.5 Å². The van der Waals surface area contributed by atoms with Gasteiger partial charge in [-0.3, -0.25) is 14.4 Å². The summed E-state index contributed by atoms with van der Waals surface area (Å²) in [7, 11) is 0. The Bertz CT molecular complexity index is 813. The lowest BCUT2D eigenvalue weighted by atomic mass is 9.70. The number of carbonyl (C=O) groups excluding carboxylic acids is 4. The topological polar surface area (TPSA) is 136 Å². The molecule has 2 fully saturated rings. The third kappa shape index (κ3) is 5.46. The van der Waals surface area contributed by atoms with Crippen molar-refractivity contribution in [3.8, 4) is 0 Å². The van der Waals surface area contributed by atoms with Crippen LogP contribution in [-0.4, -0.2) is 63.4 Å². The zero-order valence-electron chi connectivity index (χ0n) is 20.3. The van der Waals surface area contributed by atoms with Gasteiger partial charge in [-0.05, 0) is 25.2 Å². The van der Waals surface area contributed by atoms with Crippen LogP contribution in [0.3, 0.4) is 0 Å². The summed E-state index contributed by atoms with van der Waals surface area (Å²) in [6.45, 7) is 13.5. The molecular weight excluding hydrogens is 432 g/mol. The molecule has 0 aromatic rings. The van der Waals surface area contributed by atoms with Gasteiger partial charge in [0.2, 0.25) is 0 Å². The molecule has 0 radical (unpaired) electrons. The van der Waals surface area contributed by atoms with Gasteiger partial charge in [-0.25, -0.2) is 4.79 Å². The third-order valence-electron chi connectivity index (χ3n) is 6.46. The number of ether oxygens (including phenoxy) is 3. The number of hydrogen-bond donors (Lipinski definition) is 2. The van der Waals surface area contributed by atoms with Gasteiger partial charge < -0.3 is 24.4 Å². The van der Waals surface area contributed by atoms with Crippen molar-refractivity contribution in [1.29, 1.82) is 0 Å². The lowest BCUT2D eigenvalue weighted by molar-refractivity contribution is -0.224. The van der Waals surface area contributed by atoms with Crippen LogP contribution in [0.4, 0.5) is 0 Å². The third-order valence-corrected chi connectivity index (χ3v) is 6.46. The molecule has 1 aliphatic heterocycles. The predicted molar refractivity (Wildman–Crippen MR) is 117 cm³/mol. The summed E-state index contributed by atoms with van der Waals surface area (Å²) < 4.78 is 16.5. The number of carbonyl (C=O) groups is 4. The fourth-order valence-electron chi connectivity index (χ4n) is 4.09. The minimum atomic E-state index is -2.10. The molecule has 33 heavy (non-hydrogen) atoms. The molecule has 186 valence electrons. The molecule has 1 heterocycles. The normalized spacial score (nSPS) is 35.3. The predicted octanol–water partition coefficient (Wildman–Crippen LogP) is 1.86. The summed E-state index contributed by atoms with van der Waals surface area (Å²) in [6.07, 6.45) is -4.31. The molecule has 0 aromatic carbocycles. The zero-order chi connectivity index (χ0) is 25.3. The zero-order valence-corrected chi connectivity index (χ0v) is 20.3. The maximum atomic E-state index is 12.9. The fourth-order valence-corrected chi connectivity index (χ4v) is 4.09. The number of aliphatic hydroxyl groups is 2. The van der Waals surface area contributed by atoms with Gasteiger partial charge in [-0.2, -0.15) is 0 Å². The van der Waals surface area contributed by atoms with Crippen LogP contribution < -0.4 is 0 Å². The van der Waals surface area contributed by atoms with Crippen molar-refractivity contribution < 1.29 is 43.6 Å². The molecule has 0 bridgehead atoms. The molecule has 0 aromatic heterocycles. The van der Waals surface area contributed by atoms with Crippen LogP contribution in [0.15, 0.2) is 12.2 Å². The smallest absolute Gasteiger partial charge is 0.338 e. The first-order valence-electron chi connectivity index (χ1n) is 11.4. The molecule has 6 atom stereocenters. The summed E-state index contributed by atoms with van der Waals surface area (Å²) in [6, 6.07) is 0. The average molecular weight is 469 g/mol. The Morgan fingerprint density at radius 2 is 1.82 bits per heavy atom. The number of Topliss-reactive ketones (excluding diaryl/α,β-unsaturated/α-hetero) is 1. The summed E-state index contributed by atoms with van der Waals surface area (Å²) in [5.74, 6) is -3.59. The van der Waals surface area contributed by atoms with Crippen LogP contribution in [0.25, 0.3) is 0 Å². The molecule has 1 saturated carbocycles. The lowest BCUT2D eigenvalue weighted by Gasteiger charge is -2.50. The molecule has 1 saturated heterocycles. The van der Waals surface area contributed by atoms with E-state index in [1.807, 2.05) is 13.8 Å². The van der Waals surface area contributed by atoms with Crippen LogP contribution in [0.5, 0.6) is 0 Å². The van der Waals surface area contributed by atoms with Crippen LogP contribution in [0, 0.1) is 17.8 Å². The highest BCUT2D eigenvalue weighted by Crippen LogP contribution is 2.46. The van der Waals surface area contributed by atoms with Gasteiger partial charge in [0.25, 0.3) is 0 Å². The number of ketones is 1. The highest BCUT2D eigenvalue weighted by molar-refractivity contribution is 5.97. The Kier molecular flexibility index (Phi) is 8.12. The maximum absolute atomic E-state index is 12.9. The second-order valence-corrected chi connectivity index (χ2v) is 10.1. The molecule has 1 aliphatic carbocycles. The largest absolute Gasteiger partial charge is 0.459 e. The van der Waals surface area contributed by atoms with Crippen molar-refractivity contribution >= 4 is 23.7 Å². The van der Waals surface area contributed by atoms with Crippen LogP contribution in [0.2, 0.25) is 0 Å². The molecular formula is C24H36O9. The van der Waals surface area contributed by atoms with E-state index in [4.69, 9.17) is 14.2 Å². The van der Waals surface area contributed by atoms with Crippen molar-refractivity contribution in [1.82, 2.24) is 0 Å². The first-order valence-corrected chi connectivity index (χ1v) is 11.4. The molecule has 2 rings (SSSR count). The van der Waals surface area contributed by atoms with E-state index in [0.717, 1.165) is 0 Å². The SMILES string of the molecule is C=C1C(=O)O[C@@]12C[C@@H](OC(=O)C(C)C)[C@@](C)(O)C(=O)CC[C@@H](C)[C@@H](OC(=O)CC(C)C)[C@H]2O. The van der Waals surface area contributed by atoms with E-state index in [0.29, 0.717) is 0 Å². The average Bonchev–Trinajstić information content (AvgIpc) is 2.71. The van der Waals surface area contributed by atoms with E-state index >= 15 is 0 Å². The van der Waals surface area contributed by atoms with E-state index < -0.39 is 71.5 Å².